The van der Waals surface area contributed by atoms with Gasteiger partial charge in [0.25, 0.3) is 0 Å². The summed E-state index contributed by atoms with van der Waals surface area (Å²) in [6, 6.07) is 6.42. The molecule has 0 aromatic heterocycles. The minimum atomic E-state index is 0.953. The summed E-state index contributed by atoms with van der Waals surface area (Å²) in [5, 5.41) is 0. The third kappa shape index (κ3) is 3.31. The van der Waals surface area contributed by atoms with E-state index in [1.54, 1.807) is 7.11 Å². The summed E-state index contributed by atoms with van der Waals surface area (Å²) in [5.41, 5.74) is 4.26. The Labute approximate surface area is 117 Å². The quantitative estimate of drug-likeness (QED) is 0.762. The minimum absolute atomic E-state index is 0.953. The van der Waals surface area contributed by atoms with Crippen LogP contribution in [0.5, 0.6) is 5.75 Å². The Kier molecular flexibility index (Phi) is 4.89. The predicted molar refractivity (Wildman–Crippen MR) is 81.4 cm³/mol. The fourth-order valence-corrected chi connectivity index (χ4v) is 2.76. The van der Waals surface area contributed by atoms with E-state index in [4.69, 9.17) is 4.74 Å². The molecule has 0 fully saturated rings. The lowest BCUT2D eigenvalue weighted by Crippen LogP contribution is -2.26. The van der Waals surface area contributed by atoms with Crippen molar-refractivity contribution < 1.29 is 4.74 Å². The number of allylic oxidation sites excluding steroid dienone is 1. The summed E-state index contributed by atoms with van der Waals surface area (Å²) in [6.45, 7) is 6.84. The van der Waals surface area contributed by atoms with Gasteiger partial charge in [-0.05, 0) is 55.0 Å². The number of methoxy groups -OCH3 is 1. The van der Waals surface area contributed by atoms with Gasteiger partial charge in [0.15, 0.2) is 0 Å². The van der Waals surface area contributed by atoms with Crippen LogP contribution in [0.15, 0.2) is 23.9 Å². The second-order valence-corrected chi connectivity index (χ2v) is 5.19. The van der Waals surface area contributed by atoms with E-state index in [1.165, 1.54) is 49.2 Å². The van der Waals surface area contributed by atoms with Gasteiger partial charge in [0.2, 0.25) is 0 Å². The van der Waals surface area contributed by atoms with Crippen molar-refractivity contribution in [2.45, 2.75) is 39.5 Å². The average molecular weight is 259 g/mol. The van der Waals surface area contributed by atoms with Gasteiger partial charge < -0.3 is 9.64 Å². The molecule has 0 aliphatic heterocycles. The number of rotatable bonds is 6. The van der Waals surface area contributed by atoms with Crippen molar-refractivity contribution >= 4 is 6.08 Å². The Hall–Kier alpha value is -1.44. The van der Waals surface area contributed by atoms with E-state index in [2.05, 4.69) is 43.0 Å². The van der Waals surface area contributed by atoms with E-state index in [0.29, 0.717) is 0 Å². The van der Waals surface area contributed by atoms with Crippen molar-refractivity contribution in [3.05, 3.63) is 35.0 Å². The lowest BCUT2D eigenvalue weighted by atomic mass is 9.94. The largest absolute Gasteiger partial charge is 0.497 e. The first-order valence-corrected chi connectivity index (χ1v) is 7.41. The van der Waals surface area contributed by atoms with E-state index in [0.717, 1.165) is 12.2 Å². The number of aryl methyl sites for hydroxylation is 1. The van der Waals surface area contributed by atoms with E-state index in [-0.39, 0.29) is 0 Å². The van der Waals surface area contributed by atoms with Crippen LogP contribution in [0.25, 0.3) is 6.08 Å². The number of nitrogens with zero attached hydrogens (tertiary/aromatic N) is 1. The van der Waals surface area contributed by atoms with Crippen LogP contribution in [0.1, 0.15) is 44.2 Å². The van der Waals surface area contributed by atoms with Crippen LogP contribution in [-0.2, 0) is 6.42 Å². The number of hydrogen-bond donors (Lipinski definition) is 0. The van der Waals surface area contributed by atoms with Gasteiger partial charge in [-0.1, -0.05) is 19.9 Å². The summed E-state index contributed by atoms with van der Waals surface area (Å²) in [6.07, 6.45) is 7.09. The van der Waals surface area contributed by atoms with E-state index >= 15 is 0 Å². The fraction of sp³-hybridized carbons (Fsp3) is 0.529. The second-order valence-electron chi connectivity index (χ2n) is 5.19. The zero-order chi connectivity index (χ0) is 13.7. The Morgan fingerprint density at radius 2 is 1.84 bits per heavy atom. The summed E-state index contributed by atoms with van der Waals surface area (Å²) in [5.74, 6) is 0.953. The molecule has 0 atom stereocenters. The molecule has 0 saturated heterocycles. The van der Waals surface area contributed by atoms with Gasteiger partial charge in [0, 0.05) is 18.8 Å². The molecule has 19 heavy (non-hydrogen) atoms. The molecular weight excluding hydrogens is 234 g/mol. The SMILES string of the molecule is CCCN(CCC)C1=Cc2cc(OC)ccc2CC1. The Morgan fingerprint density at radius 1 is 1.11 bits per heavy atom. The van der Waals surface area contributed by atoms with Crippen molar-refractivity contribution in [1.29, 1.82) is 0 Å². The maximum atomic E-state index is 5.33. The topological polar surface area (TPSA) is 12.5 Å². The van der Waals surface area contributed by atoms with Crippen molar-refractivity contribution in [2.24, 2.45) is 0 Å². The molecule has 0 unspecified atom stereocenters. The third-order valence-corrected chi connectivity index (χ3v) is 3.72. The van der Waals surface area contributed by atoms with Crippen molar-refractivity contribution in [1.82, 2.24) is 4.90 Å². The van der Waals surface area contributed by atoms with Gasteiger partial charge >= 0.3 is 0 Å². The van der Waals surface area contributed by atoms with Crippen LogP contribution < -0.4 is 4.74 Å². The second kappa shape index (κ2) is 6.65. The lowest BCUT2D eigenvalue weighted by Gasteiger charge is -2.29. The molecule has 1 aromatic carbocycles. The lowest BCUT2D eigenvalue weighted by molar-refractivity contribution is 0.334. The highest BCUT2D eigenvalue weighted by Gasteiger charge is 2.15. The maximum Gasteiger partial charge on any atom is 0.119 e. The molecule has 2 rings (SSSR count). The summed E-state index contributed by atoms with van der Waals surface area (Å²) in [7, 11) is 1.73. The molecule has 1 aliphatic rings. The molecule has 0 spiro atoms. The highest BCUT2D eigenvalue weighted by molar-refractivity contribution is 5.61. The Bertz CT molecular complexity index is 445. The van der Waals surface area contributed by atoms with Crippen LogP contribution in [-0.4, -0.2) is 25.1 Å². The predicted octanol–water partition coefficient (Wildman–Crippen LogP) is 4.10. The molecule has 1 aromatic rings. The van der Waals surface area contributed by atoms with Gasteiger partial charge in [-0.25, -0.2) is 0 Å². The zero-order valence-electron chi connectivity index (χ0n) is 12.4. The first kappa shape index (κ1) is 14.0. The molecule has 0 radical (unpaired) electrons. The van der Waals surface area contributed by atoms with E-state index in [9.17, 15) is 0 Å². The summed E-state index contributed by atoms with van der Waals surface area (Å²) < 4.78 is 5.33. The van der Waals surface area contributed by atoms with E-state index < -0.39 is 0 Å². The van der Waals surface area contributed by atoms with Crippen LogP contribution in [0.3, 0.4) is 0 Å². The van der Waals surface area contributed by atoms with Crippen LogP contribution in [0, 0.1) is 0 Å². The minimum Gasteiger partial charge on any atom is -0.497 e. The average Bonchev–Trinajstić information content (AvgIpc) is 2.46. The molecule has 2 nitrogen and oxygen atoms in total. The van der Waals surface area contributed by atoms with Crippen LogP contribution in [0.2, 0.25) is 0 Å². The van der Waals surface area contributed by atoms with Gasteiger partial charge in [-0.3, -0.25) is 0 Å². The van der Waals surface area contributed by atoms with Crippen molar-refractivity contribution in [2.75, 3.05) is 20.2 Å². The Morgan fingerprint density at radius 3 is 2.47 bits per heavy atom. The van der Waals surface area contributed by atoms with E-state index in [1.807, 2.05) is 0 Å². The van der Waals surface area contributed by atoms with Gasteiger partial charge in [0.1, 0.15) is 5.75 Å². The first-order valence-electron chi connectivity index (χ1n) is 7.41. The molecular formula is C17H25NO. The highest BCUT2D eigenvalue weighted by atomic mass is 16.5. The maximum absolute atomic E-state index is 5.33. The number of fused-ring (bicyclic) bond motifs is 1. The fourth-order valence-electron chi connectivity index (χ4n) is 2.76. The number of benzene rings is 1. The molecule has 2 heteroatoms. The standard InChI is InChI=1S/C17H25NO/c1-4-10-18(11-5-2)16-8-6-14-7-9-17(19-3)13-15(14)12-16/h7,9,12-13H,4-6,8,10-11H2,1-3H3. The Balaban J connectivity index is 2.24. The summed E-state index contributed by atoms with van der Waals surface area (Å²) in [4.78, 5) is 2.54. The molecule has 104 valence electrons. The van der Waals surface area contributed by atoms with Gasteiger partial charge in [-0.2, -0.15) is 0 Å². The van der Waals surface area contributed by atoms with Gasteiger partial charge in [0.05, 0.1) is 7.11 Å². The number of hydrogen-bond acceptors (Lipinski definition) is 2. The molecule has 0 bridgehead atoms. The first-order chi connectivity index (χ1) is 9.28. The third-order valence-electron chi connectivity index (χ3n) is 3.72. The monoisotopic (exact) mass is 259 g/mol. The smallest absolute Gasteiger partial charge is 0.119 e. The number of ether oxygens (including phenoxy) is 1. The molecule has 0 saturated carbocycles. The molecule has 0 N–H and O–H groups in total. The zero-order valence-corrected chi connectivity index (χ0v) is 12.4. The van der Waals surface area contributed by atoms with Crippen molar-refractivity contribution in [3.63, 3.8) is 0 Å². The van der Waals surface area contributed by atoms with Crippen molar-refractivity contribution in [3.8, 4) is 5.75 Å². The van der Waals surface area contributed by atoms with Gasteiger partial charge in [-0.15, -0.1) is 0 Å². The molecule has 1 aliphatic carbocycles. The highest BCUT2D eigenvalue weighted by Crippen LogP contribution is 2.29. The normalized spacial score (nSPS) is 13.7. The van der Waals surface area contributed by atoms with Crippen LogP contribution in [0.4, 0.5) is 0 Å². The van der Waals surface area contributed by atoms with Crippen LogP contribution >= 0.6 is 0 Å². The summed E-state index contributed by atoms with van der Waals surface area (Å²) >= 11 is 0. The molecule has 0 heterocycles. The molecule has 0 amide bonds.